The first kappa shape index (κ1) is 22.7. The molecule has 9 heteroatoms. The quantitative estimate of drug-likeness (QED) is 0.254. The molecule has 1 amide bonds. The van der Waals surface area contributed by atoms with Crippen LogP contribution in [0.3, 0.4) is 0 Å². The number of anilines is 1. The standard InChI is InChI=1S/C26H20FN3O4S/c1-33-19-12-10-18(11-13-19)28-22(31)15-35-26-29-23-20-4-2-3-5-21(20)34-24(23)25(32)30(26)14-16-6-8-17(27)9-7-16/h2-13H,14-15H2,1H3,(H,28,31). The number of thioether (sulfide) groups is 1. The van der Waals surface area contributed by atoms with E-state index in [4.69, 9.17) is 14.1 Å². The second kappa shape index (κ2) is 9.63. The topological polar surface area (TPSA) is 86.4 Å². The van der Waals surface area contributed by atoms with Crippen LogP contribution in [0.15, 0.2) is 87.2 Å². The number of ether oxygens (including phenoxy) is 1. The van der Waals surface area contributed by atoms with E-state index < -0.39 is 0 Å². The molecule has 176 valence electrons. The summed E-state index contributed by atoms with van der Waals surface area (Å²) in [4.78, 5) is 30.7. The first-order valence-corrected chi connectivity index (χ1v) is 11.7. The van der Waals surface area contributed by atoms with Crippen molar-refractivity contribution in [1.82, 2.24) is 9.55 Å². The zero-order valence-corrected chi connectivity index (χ0v) is 19.5. The first-order chi connectivity index (χ1) is 17.0. The van der Waals surface area contributed by atoms with Crippen molar-refractivity contribution in [2.24, 2.45) is 0 Å². The molecular formula is C26H20FN3O4S. The monoisotopic (exact) mass is 489 g/mol. The summed E-state index contributed by atoms with van der Waals surface area (Å²) in [7, 11) is 1.57. The number of fused-ring (bicyclic) bond motifs is 3. The third-order valence-electron chi connectivity index (χ3n) is 5.41. The van der Waals surface area contributed by atoms with Crippen molar-refractivity contribution in [3.05, 3.63) is 94.5 Å². The predicted octanol–water partition coefficient (Wildman–Crippen LogP) is 5.07. The zero-order valence-electron chi connectivity index (χ0n) is 18.7. The van der Waals surface area contributed by atoms with Gasteiger partial charge in [-0.25, -0.2) is 9.37 Å². The maximum Gasteiger partial charge on any atom is 0.298 e. The number of hydrogen-bond donors (Lipinski definition) is 1. The van der Waals surface area contributed by atoms with E-state index in [1.807, 2.05) is 18.2 Å². The number of benzene rings is 3. The molecule has 0 fully saturated rings. The van der Waals surface area contributed by atoms with Gasteiger partial charge in [0.05, 0.1) is 19.4 Å². The van der Waals surface area contributed by atoms with Crippen molar-refractivity contribution in [2.45, 2.75) is 11.7 Å². The van der Waals surface area contributed by atoms with E-state index in [2.05, 4.69) is 5.32 Å². The summed E-state index contributed by atoms with van der Waals surface area (Å²) in [6.45, 7) is 0.154. The van der Waals surface area contributed by atoms with Gasteiger partial charge in [-0.1, -0.05) is 36.0 Å². The second-order valence-corrected chi connectivity index (χ2v) is 8.70. The van der Waals surface area contributed by atoms with Gasteiger partial charge < -0.3 is 14.5 Å². The van der Waals surface area contributed by atoms with Gasteiger partial charge in [-0.3, -0.25) is 14.2 Å². The largest absolute Gasteiger partial charge is 0.497 e. The van der Waals surface area contributed by atoms with E-state index in [1.54, 1.807) is 49.6 Å². The molecule has 0 atom stereocenters. The minimum atomic E-state index is -0.367. The predicted molar refractivity (Wildman–Crippen MR) is 134 cm³/mol. The van der Waals surface area contributed by atoms with Gasteiger partial charge in [-0.2, -0.15) is 0 Å². The molecule has 0 aliphatic carbocycles. The molecule has 0 aliphatic rings. The van der Waals surface area contributed by atoms with E-state index in [0.29, 0.717) is 27.7 Å². The van der Waals surface area contributed by atoms with Crippen LogP contribution in [0, 0.1) is 5.82 Å². The van der Waals surface area contributed by atoms with E-state index in [1.165, 1.54) is 16.7 Å². The average molecular weight is 490 g/mol. The zero-order chi connectivity index (χ0) is 24.4. The number of amides is 1. The third kappa shape index (κ3) is 4.76. The van der Waals surface area contributed by atoms with E-state index in [-0.39, 0.29) is 35.2 Å². The highest BCUT2D eigenvalue weighted by molar-refractivity contribution is 7.99. The van der Waals surface area contributed by atoms with E-state index in [0.717, 1.165) is 22.7 Å². The second-order valence-electron chi connectivity index (χ2n) is 7.75. The molecule has 3 aromatic carbocycles. The molecular weight excluding hydrogens is 469 g/mol. The molecule has 0 aliphatic heterocycles. The summed E-state index contributed by atoms with van der Waals surface area (Å²) in [5, 5.41) is 3.91. The van der Waals surface area contributed by atoms with Crippen LogP contribution in [0.2, 0.25) is 0 Å². The van der Waals surface area contributed by atoms with Gasteiger partial charge in [0.15, 0.2) is 5.16 Å². The van der Waals surface area contributed by atoms with Crippen molar-refractivity contribution < 1.29 is 18.3 Å². The van der Waals surface area contributed by atoms with Gasteiger partial charge in [0.1, 0.15) is 22.7 Å². The molecule has 0 saturated heterocycles. The van der Waals surface area contributed by atoms with Gasteiger partial charge in [-0.15, -0.1) is 0 Å². The molecule has 35 heavy (non-hydrogen) atoms. The van der Waals surface area contributed by atoms with Crippen LogP contribution in [0.25, 0.3) is 22.1 Å². The van der Waals surface area contributed by atoms with Gasteiger partial charge in [0, 0.05) is 11.1 Å². The lowest BCUT2D eigenvalue weighted by molar-refractivity contribution is -0.113. The number of nitrogens with one attached hydrogen (secondary N) is 1. The highest BCUT2D eigenvalue weighted by atomic mass is 32.2. The van der Waals surface area contributed by atoms with Crippen molar-refractivity contribution in [1.29, 1.82) is 0 Å². The molecule has 5 aromatic rings. The summed E-state index contributed by atoms with van der Waals surface area (Å²) < 4.78 is 25.8. The van der Waals surface area contributed by atoms with Crippen LogP contribution in [-0.4, -0.2) is 28.3 Å². The molecule has 0 bridgehead atoms. The summed E-state index contributed by atoms with van der Waals surface area (Å²) in [5.74, 6) is 0.104. The molecule has 0 radical (unpaired) electrons. The Balaban J connectivity index is 1.47. The number of hydrogen-bond acceptors (Lipinski definition) is 6. The average Bonchev–Trinajstić information content (AvgIpc) is 3.25. The molecule has 5 rings (SSSR count). The lowest BCUT2D eigenvalue weighted by atomic mass is 10.2. The fourth-order valence-electron chi connectivity index (χ4n) is 3.68. The van der Waals surface area contributed by atoms with Gasteiger partial charge in [0.2, 0.25) is 11.5 Å². The number of halogens is 1. The summed E-state index contributed by atoms with van der Waals surface area (Å²) in [5.41, 5.74) is 2.12. The molecule has 1 N–H and O–H groups in total. The Morgan fingerprint density at radius 1 is 1.09 bits per heavy atom. The molecule has 0 unspecified atom stereocenters. The van der Waals surface area contributed by atoms with Gasteiger partial charge in [-0.05, 0) is 54.1 Å². The van der Waals surface area contributed by atoms with Crippen molar-refractivity contribution in [3.8, 4) is 5.75 Å². The lowest BCUT2D eigenvalue weighted by Crippen LogP contribution is -2.24. The van der Waals surface area contributed by atoms with Crippen LogP contribution >= 0.6 is 11.8 Å². The molecule has 2 heterocycles. The number of methoxy groups -OCH3 is 1. The number of nitrogens with zero attached hydrogens (tertiary/aromatic N) is 2. The number of para-hydroxylation sites is 1. The number of furan rings is 1. The Labute approximate surface area is 203 Å². The molecule has 7 nitrogen and oxygen atoms in total. The van der Waals surface area contributed by atoms with Gasteiger partial charge >= 0.3 is 0 Å². The molecule has 0 saturated carbocycles. The molecule has 0 spiro atoms. The summed E-state index contributed by atoms with van der Waals surface area (Å²) in [6.07, 6.45) is 0. The van der Waals surface area contributed by atoms with Crippen LogP contribution in [0.1, 0.15) is 5.56 Å². The minimum Gasteiger partial charge on any atom is -0.497 e. The maximum absolute atomic E-state index is 13.4. The Kier molecular flexibility index (Phi) is 6.24. The Bertz CT molecular complexity index is 1580. The minimum absolute atomic E-state index is 0.0309. The van der Waals surface area contributed by atoms with Gasteiger partial charge in [0.25, 0.3) is 5.56 Å². The van der Waals surface area contributed by atoms with E-state index >= 15 is 0 Å². The van der Waals surface area contributed by atoms with Crippen LogP contribution < -0.4 is 15.6 Å². The van der Waals surface area contributed by atoms with E-state index in [9.17, 15) is 14.0 Å². The highest BCUT2D eigenvalue weighted by Crippen LogP contribution is 2.28. The van der Waals surface area contributed by atoms with Crippen molar-refractivity contribution in [2.75, 3.05) is 18.2 Å². The normalized spacial score (nSPS) is 11.1. The Morgan fingerprint density at radius 2 is 1.83 bits per heavy atom. The number of carbonyl (C=O) groups excluding carboxylic acids is 1. The van der Waals surface area contributed by atoms with Crippen LogP contribution in [-0.2, 0) is 11.3 Å². The van der Waals surface area contributed by atoms with Crippen molar-refractivity contribution >= 4 is 45.4 Å². The van der Waals surface area contributed by atoms with Crippen LogP contribution in [0.4, 0.5) is 10.1 Å². The highest BCUT2D eigenvalue weighted by Gasteiger charge is 2.19. The smallest absolute Gasteiger partial charge is 0.298 e. The fourth-order valence-corrected chi connectivity index (χ4v) is 4.47. The SMILES string of the molecule is COc1ccc(NC(=O)CSc2nc3c(oc4ccccc43)c(=O)n2Cc2ccc(F)cc2)cc1. The number of carbonyl (C=O) groups is 1. The number of aromatic nitrogens is 2. The number of rotatable bonds is 7. The Hall–Kier alpha value is -4.11. The molecule has 2 aromatic heterocycles. The maximum atomic E-state index is 13.4. The first-order valence-electron chi connectivity index (χ1n) is 10.7. The fraction of sp³-hybridized carbons (Fsp3) is 0.115. The summed E-state index contributed by atoms with van der Waals surface area (Å²) in [6, 6.07) is 20.2. The lowest BCUT2D eigenvalue weighted by Gasteiger charge is -2.12. The Morgan fingerprint density at radius 3 is 2.57 bits per heavy atom. The third-order valence-corrected chi connectivity index (χ3v) is 6.38. The van der Waals surface area contributed by atoms with Crippen molar-refractivity contribution in [3.63, 3.8) is 0 Å². The summed E-state index contributed by atoms with van der Waals surface area (Å²) >= 11 is 1.14. The van der Waals surface area contributed by atoms with Crippen LogP contribution in [0.5, 0.6) is 5.75 Å².